The number of carbonyl (C=O) groups is 1. The van der Waals surface area contributed by atoms with Crippen LogP contribution < -0.4 is 5.73 Å². The molecule has 0 aromatic heterocycles. The molecule has 3 unspecified atom stereocenters. The van der Waals surface area contributed by atoms with E-state index >= 15 is 0 Å². The normalized spacial score (nSPS) is 38.8. The van der Waals surface area contributed by atoms with Gasteiger partial charge in [-0.1, -0.05) is 0 Å². The van der Waals surface area contributed by atoms with Crippen molar-refractivity contribution in [1.82, 2.24) is 4.90 Å². The number of aliphatic hydroxyl groups is 1. The van der Waals surface area contributed by atoms with Crippen LogP contribution in [-0.4, -0.2) is 58.1 Å². The smallest absolute Gasteiger partial charge is 0.410 e. The molecular weight excluding hydrogens is 260 g/mol. The Bertz CT molecular complexity index is 427. The molecule has 0 aromatic carbocycles. The van der Waals surface area contributed by atoms with Crippen molar-refractivity contribution in [3.05, 3.63) is 0 Å². The summed E-state index contributed by atoms with van der Waals surface area (Å²) in [6.45, 7) is 5.93. The number of nitrogens with two attached hydrogens (primary N) is 1. The molecular formula is C14H24N2O4. The zero-order valence-corrected chi connectivity index (χ0v) is 12.4. The Balaban J connectivity index is 1.63. The molecule has 3 aliphatic heterocycles. The Morgan fingerprint density at radius 1 is 1.40 bits per heavy atom. The summed E-state index contributed by atoms with van der Waals surface area (Å²) in [6, 6.07) is 0. The first-order chi connectivity index (χ1) is 9.13. The molecule has 0 saturated carbocycles. The maximum Gasteiger partial charge on any atom is 0.410 e. The lowest BCUT2D eigenvalue weighted by Crippen LogP contribution is -2.79. The highest BCUT2D eigenvalue weighted by Crippen LogP contribution is 2.48. The summed E-state index contributed by atoms with van der Waals surface area (Å²) in [5, 5.41) is 10.8. The van der Waals surface area contributed by atoms with Gasteiger partial charge in [-0.3, -0.25) is 0 Å². The van der Waals surface area contributed by atoms with Gasteiger partial charge >= 0.3 is 6.09 Å². The minimum atomic E-state index is -1.05. The maximum atomic E-state index is 11.9. The van der Waals surface area contributed by atoms with Crippen molar-refractivity contribution in [3.63, 3.8) is 0 Å². The molecule has 6 heteroatoms. The monoisotopic (exact) mass is 284 g/mol. The molecule has 3 heterocycles. The molecule has 114 valence electrons. The van der Waals surface area contributed by atoms with Crippen LogP contribution in [0.2, 0.25) is 0 Å². The summed E-state index contributed by atoms with van der Waals surface area (Å²) in [5.41, 5.74) is 4.11. The number of hydrogen-bond acceptors (Lipinski definition) is 5. The number of β-amino-alcohol motifs (C(OH)–C–C–N with tert-alkyl or cyclic N) is 1. The summed E-state index contributed by atoms with van der Waals surface area (Å²) in [6.07, 6.45) is 2.29. The molecule has 6 nitrogen and oxygen atoms in total. The highest BCUT2D eigenvalue weighted by Gasteiger charge is 2.65. The van der Waals surface area contributed by atoms with Crippen molar-refractivity contribution in [3.8, 4) is 0 Å². The second kappa shape index (κ2) is 4.08. The maximum absolute atomic E-state index is 11.9. The second-order valence-corrected chi connectivity index (χ2v) is 7.44. The van der Waals surface area contributed by atoms with Crippen LogP contribution >= 0.6 is 0 Å². The van der Waals surface area contributed by atoms with E-state index in [9.17, 15) is 9.90 Å². The summed E-state index contributed by atoms with van der Waals surface area (Å²) < 4.78 is 11.1. The Hall–Kier alpha value is -0.850. The molecule has 2 bridgehead atoms. The zero-order chi connectivity index (χ0) is 14.8. The van der Waals surface area contributed by atoms with E-state index in [0.717, 1.165) is 12.8 Å². The minimum Gasteiger partial charge on any atom is -0.444 e. The summed E-state index contributed by atoms with van der Waals surface area (Å²) in [7, 11) is 0. The fourth-order valence-electron chi connectivity index (χ4n) is 3.57. The van der Waals surface area contributed by atoms with Gasteiger partial charge in [-0.15, -0.1) is 0 Å². The highest BCUT2D eigenvalue weighted by molar-refractivity contribution is 5.70. The van der Waals surface area contributed by atoms with Gasteiger partial charge in [0.05, 0.1) is 30.8 Å². The largest absolute Gasteiger partial charge is 0.444 e. The second-order valence-electron chi connectivity index (χ2n) is 7.44. The van der Waals surface area contributed by atoms with E-state index in [1.165, 1.54) is 4.90 Å². The van der Waals surface area contributed by atoms with Crippen LogP contribution in [0.3, 0.4) is 0 Å². The van der Waals surface area contributed by atoms with Gasteiger partial charge in [-0.2, -0.15) is 0 Å². The van der Waals surface area contributed by atoms with Crippen molar-refractivity contribution >= 4 is 6.09 Å². The SMILES string of the molecule is CC(C)(C)OC(=O)N1CC(O)(C2(N)CC3CCC2O3)C1. The van der Waals surface area contributed by atoms with Crippen molar-refractivity contribution in [2.75, 3.05) is 13.1 Å². The lowest BCUT2D eigenvalue weighted by atomic mass is 9.67. The first-order valence-corrected chi connectivity index (χ1v) is 7.28. The van der Waals surface area contributed by atoms with Gasteiger partial charge in [-0.25, -0.2) is 4.79 Å². The Labute approximate surface area is 119 Å². The fraction of sp³-hybridized carbons (Fsp3) is 0.929. The van der Waals surface area contributed by atoms with Gasteiger partial charge in [0.15, 0.2) is 0 Å². The van der Waals surface area contributed by atoms with Crippen LogP contribution in [0.5, 0.6) is 0 Å². The number of likely N-dealkylation sites (tertiary alicyclic amines) is 1. The number of fused-ring (bicyclic) bond motifs is 2. The Kier molecular flexibility index (Phi) is 2.88. The van der Waals surface area contributed by atoms with Crippen LogP contribution in [0.25, 0.3) is 0 Å². The third-order valence-corrected chi connectivity index (χ3v) is 4.67. The average Bonchev–Trinajstić information content (AvgIpc) is 2.82. The number of nitrogens with zero attached hydrogens (tertiary/aromatic N) is 1. The zero-order valence-electron chi connectivity index (χ0n) is 12.4. The quantitative estimate of drug-likeness (QED) is 0.737. The van der Waals surface area contributed by atoms with Crippen LogP contribution in [0.4, 0.5) is 4.79 Å². The molecule has 0 aromatic rings. The van der Waals surface area contributed by atoms with Gasteiger partial charge in [0.1, 0.15) is 11.2 Å². The topological polar surface area (TPSA) is 85.0 Å². The van der Waals surface area contributed by atoms with Gasteiger partial charge in [0.25, 0.3) is 0 Å². The van der Waals surface area contributed by atoms with Crippen molar-refractivity contribution in [2.24, 2.45) is 5.73 Å². The Morgan fingerprint density at radius 3 is 2.50 bits per heavy atom. The van der Waals surface area contributed by atoms with E-state index in [4.69, 9.17) is 15.2 Å². The number of rotatable bonds is 1. The lowest BCUT2D eigenvalue weighted by Gasteiger charge is -2.55. The number of amides is 1. The number of ether oxygens (including phenoxy) is 2. The van der Waals surface area contributed by atoms with E-state index in [0.29, 0.717) is 6.42 Å². The van der Waals surface area contributed by atoms with Gasteiger partial charge in [-0.05, 0) is 40.0 Å². The van der Waals surface area contributed by atoms with E-state index in [-0.39, 0.29) is 25.3 Å². The lowest BCUT2D eigenvalue weighted by molar-refractivity contribution is -0.153. The predicted octanol–water partition coefficient (Wildman–Crippen LogP) is 0.617. The van der Waals surface area contributed by atoms with Crippen molar-refractivity contribution < 1.29 is 19.4 Å². The van der Waals surface area contributed by atoms with E-state index in [1.807, 2.05) is 20.8 Å². The highest BCUT2D eigenvalue weighted by atomic mass is 16.6. The van der Waals surface area contributed by atoms with Gasteiger partial charge < -0.3 is 25.2 Å². The molecule has 3 N–H and O–H groups in total. The average molecular weight is 284 g/mol. The van der Waals surface area contributed by atoms with Crippen molar-refractivity contribution in [1.29, 1.82) is 0 Å². The summed E-state index contributed by atoms with van der Waals surface area (Å²) in [5.74, 6) is 0. The van der Waals surface area contributed by atoms with Gasteiger partial charge in [0, 0.05) is 0 Å². The third kappa shape index (κ3) is 2.01. The molecule has 3 atom stereocenters. The molecule has 3 aliphatic rings. The molecule has 0 aliphatic carbocycles. The molecule has 3 saturated heterocycles. The minimum absolute atomic E-state index is 0.0849. The van der Waals surface area contributed by atoms with E-state index in [1.54, 1.807) is 0 Å². The number of hydrogen-bond donors (Lipinski definition) is 2. The van der Waals surface area contributed by atoms with Crippen LogP contribution in [0, 0.1) is 0 Å². The van der Waals surface area contributed by atoms with Crippen molar-refractivity contribution in [2.45, 2.75) is 69.0 Å². The van der Waals surface area contributed by atoms with E-state index < -0.39 is 22.8 Å². The molecule has 0 spiro atoms. The molecule has 3 rings (SSSR count). The molecule has 3 fully saturated rings. The first kappa shape index (κ1) is 14.1. The van der Waals surface area contributed by atoms with Crippen LogP contribution in [0.15, 0.2) is 0 Å². The predicted molar refractivity (Wildman–Crippen MR) is 72.2 cm³/mol. The third-order valence-electron chi connectivity index (χ3n) is 4.67. The summed E-state index contributed by atoms with van der Waals surface area (Å²) >= 11 is 0. The molecule has 1 amide bonds. The number of carbonyl (C=O) groups excluding carboxylic acids is 1. The van der Waals surface area contributed by atoms with Gasteiger partial charge in [0.2, 0.25) is 0 Å². The van der Waals surface area contributed by atoms with Crippen LogP contribution in [-0.2, 0) is 9.47 Å². The Morgan fingerprint density at radius 2 is 2.05 bits per heavy atom. The molecule has 0 radical (unpaired) electrons. The molecule has 20 heavy (non-hydrogen) atoms. The summed E-state index contributed by atoms with van der Waals surface area (Å²) in [4.78, 5) is 13.4. The van der Waals surface area contributed by atoms with Crippen LogP contribution in [0.1, 0.15) is 40.0 Å². The standard InChI is InChI=1S/C14H24N2O4/c1-12(2,3)20-11(17)16-7-13(18,8-16)14(15)6-9-4-5-10(14)19-9/h9-10,18H,4-8,15H2,1-3H3. The van der Waals surface area contributed by atoms with E-state index in [2.05, 4.69) is 0 Å². The first-order valence-electron chi connectivity index (χ1n) is 7.28. The fourth-order valence-corrected chi connectivity index (χ4v) is 3.57.